The van der Waals surface area contributed by atoms with E-state index in [1.165, 1.54) is 23.3 Å². The van der Waals surface area contributed by atoms with Gasteiger partial charge in [-0.05, 0) is 73.4 Å². The van der Waals surface area contributed by atoms with Crippen LogP contribution in [0.1, 0.15) is 16.7 Å². The zero-order valence-electron chi connectivity index (χ0n) is 13.6. The first-order valence-corrected chi connectivity index (χ1v) is 8.01. The van der Waals surface area contributed by atoms with Crippen LogP contribution >= 0.6 is 12.2 Å². The molecular formula is C18H20F2N2OS. The third kappa shape index (κ3) is 5.77. The smallest absolute Gasteiger partial charge is 0.387 e. The van der Waals surface area contributed by atoms with E-state index in [2.05, 4.69) is 29.2 Å². The Kier molecular flexibility index (Phi) is 6.49. The Morgan fingerprint density at radius 2 is 1.79 bits per heavy atom. The summed E-state index contributed by atoms with van der Waals surface area (Å²) >= 11 is 5.27. The molecule has 2 aromatic rings. The predicted molar refractivity (Wildman–Crippen MR) is 96.9 cm³/mol. The van der Waals surface area contributed by atoms with Crippen LogP contribution in [0, 0.1) is 13.8 Å². The van der Waals surface area contributed by atoms with Gasteiger partial charge in [0.15, 0.2) is 5.11 Å². The van der Waals surface area contributed by atoms with Crippen molar-refractivity contribution in [1.82, 2.24) is 5.32 Å². The van der Waals surface area contributed by atoms with E-state index in [0.29, 0.717) is 11.7 Å². The summed E-state index contributed by atoms with van der Waals surface area (Å²) in [5.74, 6) is 0.161. The minimum absolute atomic E-state index is 0.161. The lowest BCUT2D eigenvalue weighted by molar-refractivity contribution is -0.0498. The first-order chi connectivity index (χ1) is 11.4. The van der Waals surface area contributed by atoms with Crippen LogP contribution in [0.25, 0.3) is 0 Å². The van der Waals surface area contributed by atoms with E-state index in [1.807, 2.05) is 18.2 Å². The van der Waals surface area contributed by atoms with Gasteiger partial charge in [-0.15, -0.1) is 0 Å². The molecule has 0 saturated carbocycles. The third-order valence-corrected chi connectivity index (χ3v) is 3.86. The van der Waals surface area contributed by atoms with E-state index in [9.17, 15) is 8.78 Å². The van der Waals surface area contributed by atoms with Crippen LogP contribution in [0.2, 0.25) is 0 Å². The van der Waals surface area contributed by atoms with Crippen molar-refractivity contribution >= 4 is 23.0 Å². The zero-order chi connectivity index (χ0) is 17.5. The van der Waals surface area contributed by atoms with Gasteiger partial charge in [-0.1, -0.05) is 18.2 Å². The highest BCUT2D eigenvalue weighted by molar-refractivity contribution is 7.80. The van der Waals surface area contributed by atoms with Gasteiger partial charge in [0.05, 0.1) is 0 Å². The lowest BCUT2D eigenvalue weighted by atomic mass is 10.1. The van der Waals surface area contributed by atoms with Crippen LogP contribution in [-0.2, 0) is 6.42 Å². The molecule has 0 aromatic heterocycles. The fourth-order valence-electron chi connectivity index (χ4n) is 2.15. The topological polar surface area (TPSA) is 33.3 Å². The molecule has 0 atom stereocenters. The SMILES string of the molecule is Cc1ccc(NC(=S)NCCc2ccc(OC(F)F)cc2)cc1C. The van der Waals surface area contributed by atoms with Crippen LogP contribution in [0.5, 0.6) is 5.75 Å². The monoisotopic (exact) mass is 350 g/mol. The van der Waals surface area contributed by atoms with Crippen LogP contribution < -0.4 is 15.4 Å². The molecule has 6 heteroatoms. The maximum Gasteiger partial charge on any atom is 0.387 e. The second-order valence-corrected chi connectivity index (χ2v) is 5.86. The molecule has 2 N–H and O–H groups in total. The minimum Gasteiger partial charge on any atom is -0.435 e. The maximum atomic E-state index is 12.1. The average molecular weight is 350 g/mol. The van der Waals surface area contributed by atoms with E-state index >= 15 is 0 Å². The molecule has 0 radical (unpaired) electrons. The van der Waals surface area contributed by atoms with Gasteiger partial charge < -0.3 is 15.4 Å². The van der Waals surface area contributed by atoms with E-state index in [0.717, 1.165) is 17.7 Å². The first kappa shape index (κ1) is 18.1. The molecular weight excluding hydrogens is 330 g/mol. The molecule has 0 spiro atoms. The lowest BCUT2D eigenvalue weighted by Crippen LogP contribution is -2.30. The van der Waals surface area contributed by atoms with Gasteiger partial charge in [0.25, 0.3) is 0 Å². The summed E-state index contributed by atoms with van der Waals surface area (Å²) in [5.41, 5.74) is 4.40. The second kappa shape index (κ2) is 8.59. The number of alkyl halides is 2. The molecule has 0 amide bonds. The number of aryl methyl sites for hydroxylation is 2. The number of thiocarbonyl (C=S) groups is 1. The van der Waals surface area contributed by atoms with Gasteiger partial charge in [-0.2, -0.15) is 8.78 Å². The maximum absolute atomic E-state index is 12.1. The number of ether oxygens (including phenoxy) is 1. The van der Waals surface area contributed by atoms with E-state index < -0.39 is 6.61 Å². The van der Waals surface area contributed by atoms with Crippen LogP contribution in [-0.4, -0.2) is 18.3 Å². The molecule has 3 nitrogen and oxygen atoms in total. The molecule has 2 aromatic carbocycles. The van der Waals surface area contributed by atoms with E-state index in [4.69, 9.17) is 12.2 Å². The molecule has 0 bridgehead atoms. The highest BCUT2D eigenvalue weighted by Crippen LogP contribution is 2.15. The number of hydrogen-bond acceptors (Lipinski definition) is 2. The summed E-state index contributed by atoms with van der Waals surface area (Å²) in [6, 6.07) is 12.7. The Hall–Kier alpha value is -2.21. The molecule has 0 fully saturated rings. The van der Waals surface area contributed by atoms with Crippen molar-refractivity contribution in [2.75, 3.05) is 11.9 Å². The van der Waals surface area contributed by atoms with Crippen molar-refractivity contribution in [3.63, 3.8) is 0 Å². The van der Waals surface area contributed by atoms with Crippen molar-refractivity contribution in [2.24, 2.45) is 0 Å². The van der Waals surface area contributed by atoms with Crippen molar-refractivity contribution in [3.8, 4) is 5.75 Å². The Morgan fingerprint density at radius 1 is 1.08 bits per heavy atom. The minimum atomic E-state index is -2.80. The fraction of sp³-hybridized carbons (Fsp3) is 0.278. The zero-order valence-corrected chi connectivity index (χ0v) is 14.4. The quantitative estimate of drug-likeness (QED) is 0.755. The average Bonchev–Trinajstić information content (AvgIpc) is 2.52. The molecule has 0 aliphatic carbocycles. The third-order valence-electron chi connectivity index (χ3n) is 3.61. The molecule has 128 valence electrons. The largest absolute Gasteiger partial charge is 0.435 e. The standard InChI is InChI=1S/C18H20F2N2OS/c1-12-3-6-15(11-13(12)2)22-18(24)21-10-9-14-4-7-16(8-5-14)23-17(19)20/h3-8,11,17H,9-10H2,1-2H3,(H2,21,22,24). The van der Waals surface area contributed by atoms with E-state index in [-0.39, 0.29) is 5.75 Å². The van der Waals surface area contributed by atoms with Gasteiger partial charge in [0.1, 0.15) is 5.75 Å². The molecule has 0 aliphatic rings. The van der Waals surface area contributed by atoms with Gasteiger partial charge in [-0.25, -0.2) is 0 Å². The Morgan fingerprint density at radius 3 is 2.42 bits per heavy atom. The van der Waals surface area contributed by atoms with Crippen LogP contribution in [0.3, 0.4) is 0 Å². The molecule has 24 heavy (non-hydrogen) atoms. The summed E-state index contributed by atoms with van der Waals surface area (Å²) in [7, 11) is 0. The van der Waals surface area contributed by atoms with Crippen molar-refractivity contribution in [3.05, 3.63) is 59.2 Å². The van der Waals surface area contributed by atoms with Gasteiger partial charge >= 0.3 is 6.61 Å². The van der Waals surface area contributed by atoms with Gasteiger partial charge in [-0.3, -0.25) is 0 Å². The normalized spacial score (nSPS) is 10.5. The van der Waals surface area contributed by atoms with Crippen molar-refractivity contribution < 1.29 is 13.5 Å². The number of nitrogens with one attached hydrogen (secondary N) is 2. The predicted octanol–water partition coefficient (Wildman–Crippen LogP) is 4.43. The molecule has 0 unspecified atom stereocenters. The van der Waals surface area contributed by atoms with E-state index in [1.54, 1.807) is 12.1 Å². The number of rotatable bonds is 6. The molecule has 0 aliphatic heterocycles. The lowest BCUT2D eigenvalue weighted by Gasteiger charge is -2.12. The molecule has 0 saturated heterocycles. The second-order valence-electron chi connectivity index (χ2n) is 5.45. The van der Waals surface area contributed by atoms with Crippen LogP contribution in [0.4, 0.5) is 14.5 Å². The molecule has 2 rings (SSSR count). The van der Waals surface area contributed by atoms with Crippen molar-refractivity contribution in [1.29, 1.82) is 0 Å². The Balaban J connectivity index is 1.76. The first-order valence-electron chi connectivity index (χ1n) is 7.60. The summed E-state index contributed by atoms with van der Waals surface area (Å²) in [6.07, 6.45) is 0.726. The van der Waals surface area contributed by atoms with Crippen molar-refractivity contribution in [2.45, 2.75) is 26.9 Å². The number of anilines is 1. The number of benzene rings is 2. The fourth-order valence-corrected chi connectivity index (χ4v) is 2.37. The van der Waals surface area contributed by atoms with Gasteiger partial charge in [0.2, 0.25) is 0 Å². The summed E-state index contributed by atoms with van der Waals surface area (Å²) in [6.45, 7) is 1.96. The highest BCUT2D eigenvalue weighted by atomic mass is 32.1. The summed E-state index contributed by atoms with van der Waals surface area (Å²) in [4.78, 5) is 0. The Labute approximate surface area is 146 Å². The highest BCUT2D eigenvalue weighted by Gasteiger charge is 2.04. The summed E-state index contributed by atoms with van der Waals surface area (Å²) < 4.78 is 28.5. The number of hydrogen-bond donors (Lipinski definition) is 2. The molecule has 0 heterocycles. The Bertz CT molecular complexity index is 690. The van der Waals surface area contributed by atoms with Crippen LogP contribution in [0.15, 0.2) is 42.5 Å². The number of halogens is 2. The summed E-state index contributed by atoms with van der Waals surface area (Å²) in [5, 5.41) is 6.83. The van der Waals surface area contributed by atoms with Gasteiger partial charge in [0, 0.05) is 12.2 Å².